The average molecular weight is 503 g/mol. The summed E-state index contributed by atoms with van der Waals surface area (Å²) in [5.41, 5.74) is 1.51. The molecule has 2 amide bonds. The van der Waals surface area contributed by atoms with E-state index in [1.807, 2.05) is 0 Å². The van der Waals surface area contributed by atoms with Gasteiger partial charge in [0.15, 0.2) is 11.6 Å². The number of nitrogens with one attached hydrogen (secondary N) is 1. The lowest BCUT2D eigenvalue weighted by atomic mass is 10.1. The predicted octanol–water partition coefficient (Wildman–Crippen LogP) is 4.45. The third kappa shape index (κ3) is 6.46. The zero-order valence-corrected chi connectivity index (χ0v) is 20.7. The number of hydrogen-bond acceptors (Lipinski definition) is 5. The van der Waals surface area contributed by atoms with Gasteiger partial charge in [0.05, 0.1) is 23.5 Å². The SMILES string of the molecule is CC(NS(=O)(=O)CCCCCCN1C(=O)c2ccccc2C1=O)c1ccc(F)c(OCC2CC2)c1. The highest BCUT2D eigenvalue weighted by Gasteiger charge is 2.34. The summed E-state index contributed by atoms with van der Waals surface area (Å²) in [7, 11) is -3.53. The second kappa shape index (κ2) is 10.9. The second-order valence-electron chi connectivity index (χ2n) is 9.32. The van der Waals surface area contributed by atoms with Crippen molar-refractivity contribution in [1.82, 2.24) is 9.62 Å². The van der Waals surface area contributed by atoms with Gasteiger partial charge in [-0.1, -0.05) is 31.0 Å². The van der Waals surface area contributed by atoms with E-state index in [9.17, 15) is 22.4 Å². The van der Waals surface area contributed by atoms with Crippen molar-refractivity contribution in [3.8, 4) is 5.75 Å². The molecule has 7 nitrogen and oxygen atoms in total. The van der Waals surface area contributed by atoms with E-state index in [0.29, 0.717) is 61.4 Å². The van der Waals surface area contributed by atoms with E-state index < -0.39 is 21.9 Å². The van der Waals surface area contributed by atoms with Crippen LogP contribution in [0, 0.1) is 11.7 Å². The monoisotopic (exact) mass is 502 g/mol. The van der Waals surface area contributed by atoms with Gasteiger partial charge in [-0.25, -0.2) is 17.5 Å². The molecule has 0 bridgehead atoms. The zero-order chi connectivity index (χ0) is 25.0. The molecule has 1 saturated carbocycles. The number of hydrogen-bond donors (Lipinski definition) is 1. The van der Waals surface area contributed by atoms with Crippen molar-refractivity contribution in [2.45, 2.75) is 51.5 Å². The second-order valence-corrected chi connectivity index (χ2v) is 11.2. The molecule has 35 heavy (non-hydrogen) atoms. The molecular formula is C26H31FN2O5S. The lowest BCUT2D eigenvalue weighted by Gasteiger charge is -2.16. The molecule has 1 atom stereocenters. The van der Waals surface area contributed by atoms with Crippen LogP contribution in [-0.2, 0) is 10.0 Å². The van der Waals surface area contributed by atoms with Gasteiger partial charge in [-0.2, -0.15) is 0 Å². The van der Waals surface area contributed by atoms with Crippen LogP contribution in [0.4, 0.5) is 4.39 Å². The number of unbranched alkanes of at least 4 members (excludes halogenated alkanes) is 3. The number of nitrogens with zero attached hydrogens (tertiary/aromatic N) is 1. The van der Waals surface area contributed by atoms with E-state index in [-0.39, 0.29) is 23.3 Å². The zero-order valence-electron chi connectivity index (χ0n) is 19.8. The first-order valence-corrected chi connectivity index (χ1v) is 13.8. The quantitative estimate of drug-likeness (QED) is 0.323. The van der Waals surface area contributed by atoms with E-state index in [1.165, 1.54) is 11.0 Å². The minimum atomic E-state index is -3.53. The van der Waals surface area contributed by atoms with Crippen LogP contribution in [0.5, 0.6) is 5.75 Å². The number of imide groups is 1. The highest BCUT2D eigenvalue weighted by atomic mass is 32.2. The number of amides is 2. The van der Waals surface area contributed by atoms with E-state index in [1.54, 1.807) is 43.3 Å². The molecule has 1 heterocycles. The van der Waals surface area contributed by atoms with Gasteiger partial charge in [0.2, 0.25) is 10.0 Å². The molecule has 0 aromatic heterocycles. The van der Waals surface area contributed by atoms with Crippen molar-refractivity contribution >= 4 is 21.8 Å². The maximum absolute atomic E-state index is 14.0. The molecule has 1 aliphatic heterocycles. The Kier molecular flexibility index (Phi) is 7.86. The van der Waals surface area contributed by atoms with Gasteiger partial charge in [0.25, 0.3) is 11.8 Å². The van der Waals surface area contributed by atoms with Crippen LogP contribution in [0.25, 0.3) is 0 Å². The number of sulfonamides is 1. The maximum Gasteiger partial charge on any atom is 0.261 e. The molecule has 2 aromatic carbocycles. The molecule has 4 rings (SSSR count). The van der Waals surface area contributed by atoms with E-state index in [0.717, 1.165) is 12.8 Å². The number of halogens is 1. The van der Waals surface area contributed by atoms with Gasteiger partial charge in [-0.3, -0.25) is 14.5 Å². The Balaban J connectivity index is 1.18. The van der Waals surface area contributed by atoms with Crippen LogP contribution in [0.1, 0.15) is 77.8 Å². The summed E-state index contributed by atoms with van der Waals surface area (Å²) >= 11 is 0. The molecule has 0 radical (unpaired) electrons. The van der Waals surface area contributed by atoms with Crippen molar-refractivity contribution < 1.29 is 27.1 Å². The Morgan fingerprint density at radius 1 is 1.03 bits per heavy atom. The minimum Gasteiger partial charge on any atom is -0.490 e. The first kappa shape index (κ1) is 25.3. The predicted molar refractivity (Wildman–Crippen MR) is 130 cm³/mol. The third-order valence-electron chi connectivity index (χ3n) is 6.41. The summed E-state index contributed by atoms with van der Waals surface area (Å²) < 4.78 is 47.3. The molecule has 1 unspecified atom stereocenters. The smallest absolute Gasteiger partial charge is 0.261 e. The summed E-state index contributed by atoms with van der Waals surface area (Å²) in [6.07, 6.45) is 4.64. The summed E-state index contributed by atoms with van der Waals surface area (Å²) in [5, 5.41) is 0. The minimum absolute atomic E-state index is 0.0312. The Labute approximate surface area is 205 Å². The molecule has 1 aliphatic carbocycles. The van der Waals surface area contributed by atoms with E-state index >= 15 is 0 Å². The van der Waals surface area contributed by atoms with Crippen LogP contribution in [0.3, 0.4) is 0 Å². The molecule has 1 fully saturated rings. The van der Waals surface area contributed by atoms with Gasteiger partial charge in [0, 0.05) is 12.6 Å². The maximum atomic E-state index is 14.0. The number of carbonyl (C=O) groups is 2. The standard InChI is InChI=1S/C26H31FN2O5S/c1-18(20-12-13-23(27)24(16-20)34-17-19-10-11-19)28-35(32,33)15-7-3-2-6-14-29-25(30)21-8-4-5-9-22(21)26(29)31/h4-5,8-9,12-13,16,18-19,28H,2-3,6-7,10-11,14-15,17H2,1H3. The lowest BCUT2D eigenvalue weighted by Crippen LogP contribution is -2.30. The van der Waals surface area contributed by atoms with Crippen LogP contribution in [0.2, 0.25) is 0 Å². The molecule has 0 saturated heterocycles. The van der Waals surface area contributed by atoms with Crippen LogP contribution in [0.15, 0.2) is 42.5 Å². The van der Waals surface area contributed by atoms with Gasteiger partial charge in [0.1, 0.15) is 0 Å². The van der Waals surface area contributed by atoms with Crippen molar-refractivity contribution in [2.75, 3.05) is 18.9 Å². The Bertz CT molecular complexity index is 1160. The number of fused-ring (bicyclic) bond motifs is 1. The topological polar surface area (TPSA) is 92.8 Å². The lowest BCUT2D eigenvalue weighted by molar-refractivity contribution is 0.0651. The van der Waals surface area contributed by atoms with Crippen LogP contribution >= 0.6 is 0 Å². The highest BCUT2D eigenvalue weighted by molar-refractivity contribution is 7.89. The van der Waals surface area contributed by atoms with Crippen molar-refractivity contribution in [3.05, 3.63) is 65.0 Å². The van der Waals surface area contributed by atoms with Crippen LogP contribution < -0.4 is 9.46 Å². The summed E-state index contributed by atoms with van der Waals surface area (Å²) in [6, 6.07) is 10.7. The van der Waals surface area contributed by atoms with Crippen molar-refractivity contribution in [3.63, 3.8) is 0 Å². The number of benzene rings is 2. The van der Waals surface area contributed by atoms with Crippen LogP contribution in [-0.4, -0.2) is 44.0 Å². The van der Waals surface area contributed by atoms with E-state index in [4.69, 9.17) is 4.74 Å². The Morgan fingerprint density at radius 2 is 1.69 bits per heavy atom. The first-order valence-electron chi connectivity index (χ1n) is 12.1. The fourth-order valence-corrected chi connectivity index (χ4v) is 5.52. The van der Waals surface area contributed by atoms with E-state index in [2.05, 4.69) is 4.72 Å². The van der Waals surface area contributed by atoms with Crippen molar-refractivity contribution in [2.24, 2.45) is 5.92 Å². The third-order valence-corrected chi connectivity index (χ3v) is 7.94. The molecule has 0 spiro atoms. The van der Waals surface area contributed by atoms with Gasteiger partial charge >= 0.3 is 0 Å². The molecule has 9 heteroatoms. The molecule has 2 aromatic rings. The Hall–Kier alpha value is -2.78. The van der Waals surface area contributed by atoms with Gasteiger partial charge < -0.3 is 4.74 Å². The molecular weight excluding hydrogens is 471 g/mol. The first-order chi connectivity index (χ1) is 16.7. The number of carbonyl (C=O) groups excluding carboxylic acids is 2. The highest BCUT2D eigenvalue weighted by Crippen LogP contribution is 2.31. The molecule has 1 N–H and O–H groups in total. The van der Waals surface area contributed by atoms with Gasteiger partial charge in [-0.15, -0.1) is 0 Å². The summed E-state index contributed by atoms with van der Waals surface area (Å²) in [6.45, 7) is 2.52. The average Bonchev–Trinajstić information content (AvgIpc) is 3.63. The number of rotatable bonds is 13. The fourth-order valence-electron chi connectivity index (χ4n) is 4.15. The molecule has 188 valence electrons. The Morgan fingerprint density at radius 3 is 2.34 bits per heavy atom. The summed E-state index contributed by atoms with van der Waals surface area (Å²) in [4.78, 5) is 26.0. The summed E-state index contributed by atoms with van der Waals surface area (Å²) in [5.74, 6) is -0.386. The normalized spacial score (nSPS) is 16.5. The largest absolute Gasteiger partial charge is 0.490 e. The fraction of sp³-hybridized carbons (Fsp3) is 0.462. The number of ether oxygens (including phenoxy) is 1. The van der Waals surface area contributed by atoms with Gasteiger partial charge in [-0.05, 0) is 68.4 Å². The molecule has 2 aliphatic rings. The van der Waals surface area contributed by atoms with Crippen molar-refractivity contribution in [1.29, 1.82) is 0 Å².